The van der Waals surface area contributed by atoms with Gasteiger partial charge in [-0.05, 0) is 37.7 Å². The molecule has 0 aromatic carbocycles. The summed E-state index contributed by atoms with van der Waals surface area (Å²) in [5.74, 6) is 0. The summed E-state index contributed by atoms with van der Waals surface area (Å²) in [6, 6.07) is 4.23. The first-order valence-corrected chi connectivity index (χ1v) is 5.97. The van der Waals surface area contributed by atoms with Gasteiger partial charge in [0, 0.05) is 31.6 Å². The Labute approximate surface area is 108 Å². The molecule has 0 saturated carbocycles. The summed E-state index contributed by atoms with van der Waals surface area (Å²) >= 11 is 5.17. The van der Waals surface area contributed by atoms with Crippen molar-refractivity contribution >= 4 is 17.3 Å². The van der Waals surface area contributed by atoms with Crippen LogP contribution in [0.4, 0.5) is 0 Å². The fourth-order valence-electron chi connectivity index (χ4n) is 1.35. The lowest BCUT2D eigenvalue weighted by atomic mass is 10.2. The largest absolute Gasteiger partial charge is 0.383 e. The summed E-state index contributed by atoms with van der Waals surface area (Å²) in [4.78, 5) is 4.22. The SMILES string of the molecule is COCC(C)NC(=S)NCc1ccc(C)nc1. The Hall–Kier alpha value is -1.20. The van der Waals surface area contributed by atoms with Crippen molar-refractivity contribution in [1.82, 2.24) is 15.6 Å². The van der Waals surface area contributed by atoms with E-state index in [1.807, 2.05) is 32.2 Å². The maximum atomic E-state index is 5.17. The second kappa shape index (κ2) is 7.19. The first-order valence-electron chi connectivity index (χ1n) is 5.56. The molecule has 94 valence electrons. The van der Waals surface area contributed by atoms with E-state index in [0.717, 1.165) is 11.3 Å². The van der Waals surface area contributed by atoms with Gasteiger partial charge in [0.05, 0.1) is 6.61 Å². The van der Waals surface area contributed by atoms with Gasteiger partial charge in [-0.25, -0.2) is 0 Å². The highest BCUT2D eigenvalue weighted by Crippen LogP contribution is 1.98. The standard InChI is InChI=1S/C12H19N3OS/c1-9-4-5-11(6-13-9)7-14-12(17)15-10(2)8-16-3/h4-6,10H,7-8H2,1-3H3,(H2,14,15,17). The quantitative estimate of drug-likeness (QED) is 0.777. The van der Waals surface area contributed by atoms with Crippen LogP contribution in [0.3, 0.4) is 0 Å². The predicted molar refractivity (Wildman–Crippen MR) is 72.9 cm³/mol. The molecule has 17 heavy (non-hydrogen) atoms. The summed E-state index contributed by atoms with van der Waals surface area (Å²) in [5, 5.41) is 6.90. The maximum Gasteiger partial charge on any atom is 0.166 e. The summed E-state index contributed by atoms with van der Waals surface area (Å²) in [5.41, 5.74) is 2.13. The van der Waals surface area contributed by atoms with Gasteiger partial charge in [-0.3, -0.25) is 4.98 Å². The van der Waals surface area contributed by atoms with Gasteiger partial charge in [0.2, 0.25) is 0 Å². The van der Waals surface area contributed by atoms with Crippen molar-refractivity contribution in [3.63, 3.8) is 0 Å². The van der Waals surface area contributed by atoms with Crippen LogP contribution in [0.5, 0.6) is 0 Å². The van der Waals surface area contributed by atoms with Crippen molar-refractivity contribution in [2.45, 2.75) is 26.4 Å². The highest BCUT2D eigenvalue weighted by atomic mass is 32.1. The topological polar surface area (TPSA) is 46.2 Å². The zero-order valence-electron chi connectivity index (χ0n) is 10.5. The van der Waals surface area contributed by atoms with E-state index in [0.29, 0.717) is 18.3 Å². The highest BCUT2D eigenvalue weighted by Gasteiger charge is 2.02. The first-order chi connectivity index (χ1) is 8.11. The van der Waals surface area contributed by atoms with Crippen LogP contribution in [-0.4, -0.2) is 29.9 Å². The van der Waals surface area contributed by atoms with E-state index in [9.17, 15) is 0 Å². The number of pyridine rings is 1. The van der Waals surface area contributed by atoms with Crippen molar-refractivity contribution in [1.29, 1.82) is 0 Å². The molecule has 0 saturated heterocycles. The predicted octanol–water partition coefficient (Wildman–Crippen LogP) is 1.39. The van der Waals surface area contributed by atoms with Gasteiger partial charge in [0.15, 0.2) is 5.11 Å². The molecule has 0 aliphatic heterocycles. The van der Waals surface area contributed by atoms with Gasteiger partial charge in [0.1, 0.15) is 0 Å². The molecule has 1 heterocycles. The molecule has 1 aromatic rings. The van der Waals surface area contributed by atoms with Crippen LogP contribution in [-0.2, 0) is 11.3 Å². The summed E-state index contributed by atoms with van der Waals surface area (Å²) < 4.78 is 5.02. The zero-order valence-corrected chi connectivity index (χ0v) is 11.3. The van der Waals surface area contributed by atoms with Gasteiger partial charge >= 0.3 is 0 Å². The van der Waals surface area contributed by atoms with Gasteiger partial charge in [-0.2, -0.15) is 0 Å². The Morgan fingerprint density at radius 3 is 2.88 bits per heavy atom. The van der Waals surface area contributed by atoms with E-state index in [1.54, 1.807) is 7.11 Å². The number of nitrogens with zero attached hydrogens (tertiary/aromatic N) is 1. The summed E-state index contributed by atoms with van der Waals surface area (Å²) in [7, 11) is 1.67. The third-order valence-corrected chi connectivity index (χ3v) is 2.48. The van der Waals surface area contributed by atoms with E-state index in [2.05, 4.69) is 15.6 Å². The molecular weight excluding hydrogens is 234 g/mol. The number of rotatable bonds is 5. The second-order valence-corrected chi connectivity index (χ2v) is 4.40. The summed E-state index contributed by atoms with van der Waals surface area (Å²) in [6.45, 7) is 5.30. The van der Waals surface area contributed by atoms with Gasteiger partial charge in [0.25, 0.3) is 0 Å². The molecule has 1 aromatic heterocycles. The van der Waals surface area contributed by atoms with Crippen LogP contribution in [0, 0.1) is 6.92 Å². The number of methoxy groups -OCH3 is 1. The lowest BCUT2D eigenvalue weighted by molar-refractivity contribution is 0.179. The number of ether oxygens (including phenoxy) is 1. The molecule has 0 bridgehead atoms. The number of hydrogen-bond donors (Lipinski definition) is 2. The van der Waals surface area contributed by atoms with Crippen LogP contribution in [0.2, 0.25) is 0 Å². The van der Waals surface area contributed by atoms with Crippen LogP contribution in [0.1, 0.15) is 18.2 Å². The van der Waals surface area contributed by atoms with Crippen molar-refractivity contribution < 1.29 is 4.74 Å². The molecule has 0 amide bonds. The first kappa shape index (κ1) is 13.9. The molecule has 0 aliphatic carbocycles. The highest BCUT2D eigenvalue weighted by molar-refractivity contribution is 7.80. The van der Waals surface area contributed by atoms with Crippen LogP contribution >= 0.6 is 12.2 Å². The number of aryl methyl sites for hydroxylation is 1. The molecule has 0 aliphatic rings. The molecule has 5 heteroatoms. The van der Waals surface area contributed by atoms with E-state index in [1.165, 1.54) is 0 Å². The zero-order chi connectivity index (χ0) is 12.7. The average molecular weight is 253 g/mol. The fourth-order valence-corrected chi connectivity index (χ4v) is 1.63. The Morgan fingerprint density at radius 1 is 1.53 bits per heavy atom. The van der Waals surface area contributed by atoms with Crippen molar-refractivity contribution in [2.75, 3.05) is 13.7 Å². The Bertz CT molecular complexity index is 353. The summed E-state index contributed by atoms with van der Waals surface area (Å²) in [6.07, 6.45) is 1.85. The van der Waals surface area contributed by atoms with Crippen LogP contribution in [0.15, 0.2) is 18.3 Å². The third kappa shape index (κ3) is 5.60. The fraction of sp³-hybridized carbons (Fsp3) is 0.500. The van der Waals surface area contributed by atoms with Crippen molar-refractivity contribution in [3.8, 4) is 0 Å². The second-order valence-electron chi connectivity index (χ2n) is 3.99. The van der Waals surface area contributed by atoms with Gasteiger partial charge in [-0.15, -0.1) is 0 Å². The Balaban J connectivity index is 2.30. The van der Waals surface area contributed by atoms with E-state index >= 15 is 0 Å². The lowest BCUT2D eigenvalue weighted by Crippen LogP contribution is -2.42. The molecule has 0 fully saturated rings. The van der Waals surface area contributed by atoms with E-state index < -0.39 is 0 Å². The lowest BCUT2D eigenvalue weighted by Gasteiger charge is -2.16. The monoisotopic (exact) mass is 253 g/mol. The minimum atomic E-state index is 0.205. The van der Waals surface area contributed by atoms with Crippen molar-refractivity contribution in [3.05, 3.63) is 29.6 Å². The van der Waals surface area contributed by atoms with Crippen LogP contribution < -0.4 is 10.6 Å². The minimum Gasteiger partial charge on any atom is -0.383 e. The average Bonchev–Trinajstić information content (AvgIpc) is 2.28. The minimum absolute atomic E-state index is 0.205. The van der Waals surface area contributed by atoms with E-state index in [4.69, 9.17) is 17.0 Å². The molecule has 2 N–H and O–H groups in total. The maximum absolute atomic E-state index is 5.17. The Morgan fingerprint density at radius 2 is 2.29 bits per heavy atom. The molecular formula is C12H19N3OS. The van der Waals surface area contributed by atoms with Crippen molar-refractivity contribution in [2.24, 2.45) is 0 Å². The molecule has 1 unspecified atom stereocenters. The number of nitrogens with one attached hydrogen (secondary N) is 2. The third-order valence-electron chi connectivity index (χ3n) is 2.22. The molecule has 1 atom stereocenters. The smallest absolute Gasteiger partial charge is 0.166 e. The van der Waals surface area contributed by atoms with Gasteiger partial charge < -0.3 is 15.4 Å². The molecule has 4 nitrogen and oxygen atoms in total. The normalized spacial score (nSPS) is 11.9. The van der Waals surface area contributed by atoms with E-state index in [-0.39, 0.29) is 6.04 Å². The van der Waals surface area contributed by atoms with Crippen LogP contribution in [0.25, 0.3) is 0 Å². The van der Waals surface area contributed by atoms with Gasteiger partial charge in [-0.1, -0.05) is 6.07 Å². The molecule has 0 spiro atoms. The number of thiocarbonyl (C=S) groups is 1. The number of hydrogen-bond acceptors (Lipinski definition) is 3. The number of aromatic nitrogens is 1. The Kier molecular flexibility index (Phi) is 5.86. The molecule has 1 rings (SSSR count). The molecule has 0 radical (unpaired) electrons.